The quantitative estimate of drug-likeness (QED) is 0.312. The zero-order valence-corrected chi connectivity index (χ0v) is 18.2. The predicted octanol–water partition coefficient (Wildman–Crippen LogP) is 3.26. The first-order valence-electron chi connectivity index (χ1n) is 9.31. The van der Waals surface area contributed by atoms with Crippen molar-refractivity contribution in [2.75, 3.05) is 13.7 Å². The summed E-state index contributed by atoms with van der Waals surface area (Å²) in [5, 5.41) is 16.2. The Morgan fingerprint density at radius 3 is 2.87 bits per heavy atom. The lowest BCUT2D eigenvalue weighted by Crippen LogP contribution is -2.08. The van der Waals surface area contributed by atoms with Crippen molar-refractivity contribution in [2.24, 2.45) is 7.05 Å². The van der Waals surface area contributed by atoms with Gasteiger partial charge in [-0.2, -0.15) is 10.4 Å². The minimum Gasteiger partial charge on any atom is -0.455 e. The van der Waals surface area contributed by atoms with Crippen LogP contribution in [-0.2, 0) is 34.5 Å². The smallest absolute Gasteiger partial charge is 0.349 e. The molecule has 0 saturated carbocycles. The van der Waals surface area contributed by atoms with Crippen LogP contribution in [0.3, 0.4) is 0 Å². The fraction of sp³-hybridized carbons (Fsp3) is 0.333. The molecule has 0 N–H and O–H groups in total. The van der Waals surface area contributed by atoms with Crippen molar-refractivity contribution >= 4 is 23.4 Å². The van der Waals surface area contributed by atoms with Gasteiger partial charge in [-0.25, -0.2) is 9.78 Å². The van der Waals surface area contributed by atoms with Gasteiger partial charge < -0.3 is 14.0 Å². The van der Waals surface area contributed by atoms with Crippen molar-refractivity contribution < 1.29 is 14.3 Å². The molecule has 3 aromatic heterocycles. The number of esters is 1. The number of ether oxygens (including phenoxy) is 2. The highest BCUT2D eigenvalue weighted by Crippen LogP contribution is 2.23. The second-order valence-corrected chi connectivity index (χ2v) is 7.62. The van der Waals surface area contributed by atoms with Crippen molar-refractivity contribution in [3.63, 3.8) is 0 Å². The summed E-state index contributed by atoms with van der Waals surface area (Å²) in [5.74, 6) is -0.671. The van der Waals surface area contributed by atoms with Crippen molar-refractivity contribution in [1.29, 1.82) is 5.26 Å². The van der Waals surface area contributed by atoms with E-state index >= 15 is 0 Å². The Bertz CT molecular complexity index is 1120. The fourth-order valence-corrected chi connectivity index (χ4v) is 3.83. The Kier molecular flexibility index (Phi) is 6.82. The highest BCUT2D eigenvalue weighted by Gasteiger charge is 2.15. The molecule has 0 atom stereocenters. The first-order valence-corrected chi connectivity index (χ1v) is 10.2. The Morgan fingerprint density at radius 1 is 1.40 bits per heavy atom. The molecule has 30 heavy (non-hydrogen) atoms. The third-order valence-electron chi connectivity index (χ3n) is 4.63. The highest BCUT2D eigenvalue weighted by molar-refractivity contribution is 7.13. The summed E-state index contributed by atoms with van der Waals surface area (Å²) >= 11 is 1.45. The van der Waals surface area contributed by atoms with Gasteiger partial charge in [0.05, 0.1) is 18.5 Å². The summed E-state index contributed by atoms with van der Waals surface area (Å²) in [7, 11) is 3.49. The third-order valence-corrected chi connectivity index (χ3v) is 5.57. The lowest BCUT2D eigenvalue weighted by molar-refractivity contribution is -0.139. The van der Waals surface area contributed by atoms with Gasteiger partial charge in [0.25, 0.3) is 0 Å². The third kappa shape index (κ3) is 4.84. The van der Waals surface area contributed by atoms with E-state index < -0.39 is 5.97 Å². The van der Waals surface area contributed by atoms with E-state index in [1.807, 2.05) is 44.6 Å². The molecule has 0 aliphatic rings. The molecule has 3 rings (SSSR count). The maximum absolute atomic E-state index is 12.4. The van der Waals surface area contributed by atoms with Gasteiger partial charge in [-0.15, -0.1) is 11.3 Å². The normalized spacial score (nSPS) is 11.5. The second-order valence-electron chi connectivity index (χ2n) is 6.76. The van der Waals surface area contributed by atoms with Gasteiger partial charge in [-0.3, -0.25) is 4.68 Å². The van der Waals surface area contributed by atoms with Crippen molar-refractivity contribution in [2.45, 2.75) is 27.0 Å². The number of carbonyl (C=O) groups excluding carboxylic acids is 1. The Morgan fingerprint density at radius 2 is 2.20 bits per heavy atom. The predicted molar refractivity (Wildman–Crippen MR) is 113 cm³/mol. The molecule has 0 bridgehead atoms. The van der Waals surface area contributed by atoms with Gasteiger partial charge in [0.2, 0.25) is 0 Å². The molecule has 0 spiro atoms. The lowest BCUT2D eigenvalue weighted by Gasteiger charge is -2.08. The average molecular weight is 426 g/mol. The minimum absolute atomic E-state index is 0.00146. The van der Waals surface area contributed by atoms with Crippen LogP contribution in [0.2, 0.25) is 0 Å². The number of hydrogen-bond acceptors (Lipinski definition) is 7. The van der Waals surface area contributed by atoms with Crippen LogP contribution in [0, 0.1) is 25.2 Å². The molecule has 0 fully saturated rings. The standard InChI is InChI=1S/C21H23N5O3S/c1-14-7-16(15(2)26(14)5-6-28-4)8-17(9-22)21(27)29-12-19-13-30-20(24-19)18-10-23-25(3)11-18/h7-8,10-11,13H,5-6,12H2,1-4H3. The van der Waals surface area contributed by atoms with Crippen molar-refractivity contribution in [3.8, 4) is 16.6 Å². The summed E-state index contributed by atoms with van der Waals surface area (Å²) in [5.41, 5.74) is 4.29. The lowest BCUT2D eigenvalue weighted by atomic mass is 10.1. The van der Waals surface area contributed by atoms with Gasteiger partial charge in [0.15, 0.2) is 0 Å². The van der Waals surface area contributed by atoms with E-state index in [-0.39, 0.29) is 12.2 Å². The molecule has 3 heterocycles. The molecule has 0 saturated heterocycles. The van der Waals surface area contributed by atoms with Crippen LogP contribution in [0.15, 0.2) is 29.4 Å². The number of thiazole rings is 1. The maximum atomic E-state index is 12.4. The highest BCUT2D eigenvalue weighted by atomic mass is 32.1. The number of methoxy groups -OCH3 is 1. The molecule has 0 amide bonds. The maximum Gasteiger partial charge on any atom is 0.349 e. The number of hydrogen-bond donors (Lipinski definition) is 0. The van der Waals surface area contributed by atoms with E-state index in [0.29, 0.717) is 18.8 Å². The molecule has 0 radical (unpaired) electrons. The molecule has 0 aliphatic heterocycles. The monoisotopic (exact) mass is 425 g/mol. The summed E-state index contributed by atoms with van der Waals surface area (Å²) in [4.78, 5) is 16.9. The van der Waals surface area contributed by atoms with E-state index in [1.54, 1.807) is 24.1 Å². The summed E-state index contributed by atoms with van der Waals surface area (Å²) in [6.07, 6.45) is 5.17. The van der Waals surface area contributed by atoms with Gasteiger partial charge in [0.1, 0.15) is 23.3 Å². The van der Waals surface area contributed by atoms with Crippen LogP contribution in [0.25, 0.3) is 16.6 Å². The number of carbonyl (C=O) groups is 1. The van der Waals surface area contributed by atoms with Crippen LogP contribution in [-0.4, -0.2) is 39.0 Å². The molecule has 0 unspecified atom stereocenters. The molecular weight excluding hydrogens is 402 g/mol. The van der Waals surface area contributed by atoms with Crippen LogP contribution in [0.1, 0.15) is 22.6 Å². The molecule has 0 aromatic carbocycles. The molecular formula is C21H23N5O3S. The molecule has 3 aromatic rings. The Labute approximate surface area is 179 Å². The van der Waals surface area contributed by atoms with Gasteiger partial charge in [0, 0.05) is 49.2 Å². The first kappa shape index (κ1) is 21.5. The van der Waals surface area contributed by atoms with Gasteiger partial charge >= 0.3 is 5.97 Å². The summed E-state index contributed by atoms with van der Waals surface area (Å²) in [6, 6.07) is 3.88. The van der Waals surface area contributed by atoms with Gasteiger partial charge in [-0.1, -0.05) is 0 Å². The fourth-order valence-electron chi connectivity index (χ4n) is 3.05. The summed E-state index contributed by atoms with van der Waals surface area (Å²) in [6.45, 7) is 5.22. The van der Waals surface area contributed by atoms with Gasteiger partial charge in [-0.05, 0) is 31.6 Å². The summed E-state index contributed by atoms with van der Waals surface area (Å²) < 4.78 is 14.2. The zero-order valence-electron chi connectivity index (χ0n) is 17.4. The van der Waals surface area contributed by atoms with Crippen molar-refractivity contribution in [3.05, 3.63) is 52.1 Å². The molecule has 8 nitrogen and oxygen atoms in total. The second kappa shape index (κ2) is 9.52. The molecule has 9 heteroatoms. The Hall–Kier alpha value is -3.22. The van der Waals surface area contributed by atoms with Crippen LogP contribution in [0.5, 0.6) is 0 Å². The number of rotatable bonds is 8. The van der Waals surface area contributed by atoms with E-state index in [2.05, 4.69) is 14.6 Å². The molecule has 0 aliphatic carbocycles. The average Bonchev–Trinajstić information content (AvgIpc) is 3.43. The van der Waals surface area contributed by atoms with E-state index in [9.17, 15) is 10.1 Å². The van der Waals surface area contributed by atoms with Crippen molar-refractivity contribution in [1.82, 2.24) is 19.3 Å². The zero-order chi connectivity index (χ0) is 21.7. The topological polar surface area (TPSA) is 95.0 Å². The van der Waals surface area contributed by atoms with Crippen LogP contribution >= 0.6 is 11.3 Å². The first-order chi connectivity index (χ1) is 14.4. The minimum atomic E-state index is -0.671. The number of aromatic nitrogens is 4. The van der Waals surface area contributed by atoms with Crippen LogP contribution < -0.4 is 0 Å². The number of nitrogens with zero attached hydrogens (tertiary/aromatic N) is 5. The SMILES string of the molecule is COCCn1c(C)cc(C=C(C#N)C(=O)OCc2csc(-c3cnn(C)c3)n2)c1C. The van der Waals surface area contributed by atoms with E-state index in [4.69, 9.17) is 9.47 Å². The van der Waals surface area contributed by atoms with E-state index in [1.165, 1.54) is 11.3 Å². The largest absolute Gasteiger partial charge is 0.455 e. The Balaban J connectivity index is 1.68. The van der Waals surface area contributed by atoms with Crippen LogP contribution in [0.4, 0.5) is 0 Å². The number of aryl methyl sites for hydroxylation is 2. The van der Waals surface area contributed by atoms with E-state index in [0.717, 1.165) is 27.5 Å². The number of nitriles is 1. The molecule has 156 valence electrons.